The average Bonchev–Trinajstić information content (AvgIpc) is 3.03. The van der Waals surface area contributed by atoms with Crippen LogP contribution in [0.1, 0.15) is 10.4 Å². The molecule has 2 aromatic carbocycles. The quantitative estimate of drug-likeness (QED) is 0.542. The van der Waals surface area contributed by atoms with Gasteiger partial charge < -0.3 is 0 Å². The Hall–Kier alpha value is -2.33. The number of thiazole rings is 1. The topological polar surface area (TPSA) is 91.3 Å². The molecule has 0 saturated heterocycles. The van der Waals surface area contributed by atoms with E-state index in [2.05, 4.69) is 15.0 Å². The van der Waals surface area contributed by atoms with Crippen molar-refractivity contribution in [3.05, 3.63) is 64.2 Å². The fraction of sp³-hybridized carbons (Fsp3) is 0. The zero-order chi connectivity index (χ0) is 18.7. The molecule has 3 aromatic rings. The maximum Gasteiger partial charge on any atom is 0.259 e. The minimum atomic E-state index is -2.44. The number of hydrogen-bond acceptors (Lipinski definition) is 4. The van der Waals surface area contributed by atoms with Crippen LogP contribution in [0.5, 0.6) is 0 Å². The Bertz CT molecular complexity index is 996. The van der Waals surface area contributed by atoms with Gasteiger partial charge in [-0.25, -0.2) is 13.6 Å². The first-order chi connectivity index (χ1) is 12.4. The molecular formula is C16H11ClFN3O3S2. The van der Waals surface area contributed by atoms with Gasteiger partial charge in [-0.1, -0.05) is 23.7 Å². The Labute approximate surface area is 159 Å². The van der Waals surface area contributed by atoms with E-state index in [-0.39, 0.29) is 11.3 Å². The zero-order valence-corrected chi connectivity index (χ0v) is 15.3. The van der Waals surface area contributed by atoms with E-state index in [1.165, 1.54) is 17.4 Å². The number of nitrogens with zero attached hydrogens (tertiary/aromatic N) is 1. The zero-order valence-electron chi connectivity index (χ0n) is 12.9. The van der Waals surface area contributed by atoms with E-state index in [4.69, 9.17) is 16.2 Å². The van der Waals surface area contributed by atoms with Gasteiger partial charge in [-0.2, -0.15) is 0 Å². The molecule has 3 N–H and O–H groups in total. The highest BCUT2D eigenvalue weighted by Crippen LogP contribution is 2.27. The molecule has 0 fully saturated rings. The minimum absolute atomic E-state index is 0.00769. The Kier molecular flexibility index (Phi) is 5.62. The molecule has 0 aliphatic carbocycles. The first kappa shape index (κ1) is 18.5. The molecule has 1 atom stereocenters. The van der Waals surface area contributed by atoms with Crippen LogP contribution in [-0.4, -0.2) is 19.7 Å². The maximum absolute atomic E-state index is 13.3. The molecule has 0 spiro atoms. The van der Waals surface area contributed by atoms with Crippen molar-refractivity contribution in [3.8, 4) is 11.3 Å². The molecule has 26 heavy (non-hydrogen) atoms. The largest absolute Gasteiger partial charge is 0.298 e. The summed E-state index contributed by atoms with van der Waals surface area (Å²) in [5.41, 5.74) is 1.35. The number of carbonyl (C=O) groups excluding carboxylic acids is 1. The van der Waals surface area contributed by atoms with E-state index < -0.39 is 23.0 Å². The lowest BCUT2D eigenvalue weighted by Crippen LogP contribution is -2.15. The molecule has 10 heteroatoms. The molecule has 6 nitrogen and oxygen atoms in total. The highest BCUT2D eigenvalue weighted by Gasteiger charge is 2.16. The molecule has 1 heterocycles. The highest BCUT2D eigenvalue weighted by atomic mass is 35.5. The maximum atomic E-state index is 13.3. The van der Waals surface area contributed by atoms with Crippen molar-refractivity contribution in [2.24, 2.45) is 0 Å². The minimum Gasteiger partial charge on any atom is -0.298 e. The summed E-state index contributed by atoms with van der Waals surface area (Å²) in [5.74, 6) is -1.24. The third-order valence-corrected chi connectivity index (χ3v) is 4.66. The molecule has 1 unspecified atom stereocenters. The summed E-state index contributed by atoms with van der Waals surface area (Å²) in [7, 11) is 0. The molecule has 0 aliphatic rings. The molecule has 0 radical (unpaired) electrons. The number of hydrogen-bond donors (Lipinski definition) is 3. The van der Waals surface area contributed by atoms with Gasteiger partial charge in [0.2, 0.25) is 0 Å². The second kappa shape index (κ2) is 7.92. The lowest BCUT2D eigenvalue weighted by molar-refractivity contribution is 0.102. The molecular weight excluding hydrogens is 401 g/mol. The number of amides is 1. The Balaban J connectivity index is 1.82. The van der Waals surface area contributed by atoms with E-state index in [1.807, 2.05) is 6.07 Å². The predicted octanol–water partition coefficient (Wildman–Crippen LogP) is 4.40. The molecule has 1 amide bonds. The van der Waals surface area contributed by atoms with Crippen LogP contribution in [0.4, 0.5) is 15.2 Å². The summed E-state index contributed by atoms with van der Waals surface area (Å²) in [6, 6.07) is 10.4. The van der Waals surface area contributed by atoms with E-state index in [1.54, 1.807) is 23.6 Å². The van der Waals surface area contributed by atoms with Gasteiger partial charge in [-0.3, -0.25) is 19.4 Å². The summed E-state index contributed by atoms with van der Waals surface area (Å²) in [6.45, 7) is 0. The first-order valence-electron chi connectivity index (χ1n) is 7.12. The number of rotatable bonds is 5. The summed E-state index contributed by atoms with van der Waals surface area (Å²) >= 11 is 4.72. The SMILES string of the molecule is O=C(Nc1nc(-c2cccc(Cl)c2)cs1)c1ccc(F)cc1NS(=O)O. The van der Waals surface area contributed by atoms with Crippen molar-refractivity contribution >= 4 is 50.9 Å². The van der Waals surface area contributed by atoms with E-state index in [0.717, 1.165) is 17.7 Å². The van der Waals surface area contributed by atoms with E-state index in [9.17, 15) is 13.4 Å². The molecule has 3 rings (SSSR count). The van der Waals surface area contributed by atoms with Gasteiger partial charge in [-0.15, -0.1) is 11.3 Å². The first-order valence-corrected chi connectivity index (χ1v) is 9.48. The molecule has 1 aromatic heterocycles. The van der Waals surface area contributed by atoms with Crippen molar-refractivity contribution in [3.63, 3.8) is 0 Å². The summed E-state index contributed by atoms with van der Waals surface area (Å²) in [4.78, 5) is 16.7. The highest BCUT2D eigenvalue weighted by molar-refractivity contribution is 7.80. The summed E-state index contributed by atoms with van der Waals surface area (Å²) < 4.78 is 35.3. The van der Waals surface area contributed by atoms with Gasteiger partial charge in [0, 0.05) is 16.0 Å². The van der Waals surface area contributed by atoms with Crippen molar-refractivity contribution in [1.82, 2.24) is 4.98 Å². The van der Waals surface area contributed by atoms with Crippen molar-refractivity contribution in [2.75, 3.05) is 10.0 Å². The summed E-state index contributed by atoms with van der Waals surface area (Å²) in [5, 5.41) is 5.24. The Morgan fingerprint density at radius 3 is 2.81 bits per heavy atom. The number of halogens is 2. The fourth-order valence-electron chi connectivity index (χ4n) is 2.17. The van der Waals surface area contributed by atoms with Gasteiger partial charge in [0.25, 0.3) is 17.2 Å². The van der Waals surface area contributed by atoms with Crippen LogP contribution < -0.4 is 10.0 Å². The van der Waals surface area contributed by atoms with Crippen LogP contribution in [0, 0.1) is 5.82 Å². The van der Waals surface area contributed by atoms with Crippen LogP contribution >= 0.6 is 22.9 Å². The molecule has 0 bridgehead atoms. The van der Waals surface area contributed by atoms with Gasteiger partial charge in [0.15, 0.2) is 5.13 Å². The fourth-order valence-corrected chi connectivity index (χ4v) is 3.43. The second-order valence-electron chi connectivity index (χ2n) is 5.04. The molecule has 0 aliphatic heterocycles. The number of aromatic nitrogens is 1. The normalized spacial score (nSPS) is 11.8. The van der Waals surface area contributed by atoms with Gasteiger partial charge >= 0.3 is 0 Å². The third kappa shape index (κ3) is 4.44. The Morgan fingerprint density at radius 2 is 2.08 bits per heavy atom. The second-order valence-corrected chi connectivity index (χ2v) is 7.04. The van der Waals surface area contributed by atoms with Crippen molar-refractivity contribution in [2.45, 2.75) is 0 Å². The summed E-state index contributed by atoms with van der Waals surface area (Å²) in [6.07, 6.45) is 0. The number of benzene rings is 2. The number of carbonyl (C=O) groups is 1. The number of anilines is 2. The average molecular weight is 412 g/mol. The molecule has 134 valence electrons. The van der Waals surface area contributed by atoms with E-state index >= 15 is 0 Å². The smallest absolute Gasteiger partial charge is 0.259 e. The van der Waals surface area contributed by atoms with Crippen LogP contribution in [0.3, 0.4) is 0 Å². The van der Waals surface area contributed by atoms with Crippen molar-refractivity contribution < 1.29 is 17.9 Å². The predicted molar refractivity (Wildman–Crippen MR) is 101 cm³/mol. The van der Waals surface area contributed by atoms with Gasteiger partial charge in [0.05, 0.1) is 16.9 Å². The molecule has 0 saturated carbocycles. The standard InChI is InChI=1S/C16H11ClFN3O3S2/c17-10-3-1-2-9(6-10)14-8-25-16(19-14)20-15(22)12-5-4-11(18)7-13(12)21-26(23)24/h1-8,21H,(H,23,24)(H,19,20,22). The van der Waals surface area contributed by atoms with Crippen LogP contribution in [-0.2, 0) is 11.3 Å². The third-order valence-electron chi connectivity index (χ3n) is 3.27. The van der Waals surface area contributed by atoms with Crippen LogP contribution in [0.15, 0.2) is 47.8 Å². The van der Waals surface area contributed by atoms with Gasteiger partial charge in [-0.05, 0) is 30.3 Å². The van der Waals surface area contributed by atoms with E-state index in [0.29, 0.717) is 15.8 Å². The Morgan fingerprint density at radius 1 is 1.27 bits per heavy atom. The van der Waals surface area contributed by atoms with Gasteiger partial charge in [0.1, 0.15) is 5.82 Å². The lowest BCUT2D eigenvalue weighted by atomic mass is 10.1. The lowest BCUT2D eigenvalue weighted by Gasteiger charge is -2.09. The van der Waals surface area contributed by atoms with Crippen LogP contribution in [0.2, 0.25) is 5.02 Å². The monoisotopic (exact) mass is 411 g/mol. The van der Waals surface area contributed by atoms with Crippen molar-refractivity contribution in [1.29, 1.82) is 0 Å². The number of nitrogens with one attached hydrogen (secondary N) is 2. The van der Waals surface area contributed by atoms with Crippen LogP contribution in [0.25, 0.3) is 11.3 Å².